The van der Waals surface area contributed by atoms with Crippen molar-refractivity contribution >= 4 is 6.09 Å². The number of nitrogens with one attached hydrogen (secondary N) is 1. The Morgan fingerprint density at radius 1 is 1.67 bits per heavy atom. The van der Waals surface area contributed by atoms with Crippen LogP contribution >= 0.6 is 0 Å². The molecule has 0 aromatic heterocycles. The smallest absolute Gasteiger partial charge is 0.431 e. The predicted octanol–water partition coefficient (Wildman–Crippen LogP) is 1.08. The molecule has 0 aliphatic heterocycles. The third-order valence-corrected chi connectivity index (χ3v) is 0.998. The number of amides is 1. The molecule has 0 saturated heterocycles. The van der Waals surface area contributed by atoms with Crippen LogP contribution in [0.4, 0.5) is 4.79 Å². The minimum atomic E-state index is -0.571. The molecular formula is C8H13NO3. The van der Waals surface area contributed by atoms with Gasteiger partial charge in [0, 0.05) is 6.42 Å². The number of carbonyl (C=O) groups excluding carboxylic acids is 1. The average molecular weight is 171 g/mol. The van der Waals surface area contributed by atoms with Crippen LogP contribution in [0.15, 0.2) is 0 Å². The molecule has 0 rings (SSSR count). The van der Waals surface area contributed by atoms with E-state index in [1.54, 1.807) is 6.92 Å². The van der Waals surface area contributed by atoms with Gasteiger partial charge < -0.3 is 4.74 Å². The number of unbranched alkanes of at least 4 members (excludes halogenated alkanes) is 1. The SMILES string of the molecule is C#CCCCONC(=O)OCC. The van der Waals surface area contributed by atoms with Crippen LogP contribution in [0.1, 0.15) is 19.8 Å². The molecule has 0 unspecified atom stereocenters. The number of carbonyl (C=O) groups is 1. The maximum Gasteiger partial charge on any atom is 0.431 e. The second-order valence-electron chi connectivity index (χ2n) is 1.98. The fraction of sp³-hybridized carbons (Fsp3) is 0.625. The largest absolute Gasteiger partial charge is 0.448 e. The molecule has 0 radical (unpaired) electrons. The summed E-state index contributed by atoms with van der Waals surface area (Å²) in [4.78, 5) is 15.3. The van der Waals surface area contributed by atoms with Gasteiger partial charge in [-0.15, -0.1) is 12.3 Å². The van der Waals surface area contributed by atoms with Crippen LogP contribution < -0.4 is 5.48 Å². The van der Waals surface area contributed by atoms with E-state index in [0.29, 0.717) is 19.6 Å². The summed E-state index contributed by atoms with van der Waals surface area (Å²) >= 11 is 0. The molecule has 0 aromatic rings. The molecule has 1 N–H and O–H groups in total. The molecule has 4 nitrogen and oxygen atoms in total. The molecular weight excluding hydrogens is 158 g/mol. The number of hydrogen-bond acceptors (Lipinski definition) is 3. The summed E-state index contributed by atoms with van der Waals surface area (Å²) in [6.45, 7) is 2.46. The van der Waals surface area contributed by atoms with E-state index in [1.807, 2.05) is 0 Å². The predicted molar refractivity (Wildman–Crippen MR) is 44.2 cm³/mol. The van der Waals surface area contributed by atoms with Gasteiger partial charge in [0.15, 0.2) is 0 Å². The minimum absolute atomic E-state index is 0.333. The molecule has 68 valence electrons. The van der Waals surface area contributed by atoms with Crippen LogP contribution in [0.25, 0.3) is 0 Å². The number of terminal acetylenes is 1. The first-order valence-electron chi connectivity index (χ1n) is 3.79. The third-order valence-electron chi connectivity index (χ3n) is 0.998. The maximum absolute atomic E-state index is 10.6. The highest BCUT2D eigenvalue weighted by molar-refractivity contribution is 5.65. The summed E-state index contributed by atoms with van der Waals surface area (Å²) in [7, 11) is 0. The van der Waals surface area contributed by atoms with Crippen LogP contribution in [-0.2, 0) is 9.57 Å². The molecule has 0 aliphatic carbocycles. The van der Waals surface area contributed by atoms with E-state index in [9.17, 15) is 4.79 Å². The third kappa shape index (κ3) is 6.90. The number of hydroxylamine groups is 1. The van der Waals surface area contributed by atoms with Crippen molar-refractivity contribution < 1.29 is 14.4 Å². The summed E-state index contributed by atoms with van der Waals surface area (Å²) in [5.74, 6) is 2.46. The lowest BCUT2D eigenvalue weighted by atomic mass is 10.3. The second-order valence-corrected chi connectivity index (χ2v) is 1.98. The fourth-order valence-corrected chi connectivity index (χ4v) is 0.517. The van der Waals surface area contributed by atoms with Gasteiger partial charge in [-0.25, -0.2) is 4.79 Å². The summed E-state index contributed by atoms with van der Waals surface area (Å²) in [6, 6.07) is 0. The van der Waals surface area contributed by atoms with Gasteiger partial charge >= 0.3 is 6.09 Å². The summed E-state index contributed by atoms with van der Waals surface area (Å²) in [6.07, 6.45) is 5.80. The Bertz CT molecular complexity index is 162. The standard InChI is InChI=1S/C8H13NO3/c1-3-5-6-7-12-9-8(10)11-4-2/h1H,4-7H2,2H3,(H,9,10). The minimum Gasteiger partial charge on any atom is -0.448 e. The van der Waals surface area contributed by atoms with Crippen molar-refractivity contribution in [1.82, 2.24) is 5.48 Å². The number of rotatable bonds is 5. The Kier molecular flexibility index (Phi) is 7.10. The average Bonchev–Trinajstić information content (AvgIpc) is 2.05. The van der Waals surface area contributed by atoms with Crippen molar-refractivity contribution in [2.75, 3.05) is 13.2 Å². The molecule has 0 atom stereocenters. The number of hydrogen-bond donors (Lipinski definition) is 1. The van der Waals surface area contributed by atoms with Crippen molar-refractivity contribution in [2.24, 2.45) is 0 Å². The second kappa shape index (κ2) is 7.89. The monoisotopic (exact) mass is 171 g/mol. The van der Waals surface area contributed by atoms with Crippen LogP contribution in [0.3, 0.4) is 0 Å². The zero-order valence-electron chi connectivity index (χ0n) is 7.13. The highest BCUT2D eigenvalue weighted by Crippen LogP contribution is 1.85. The molecule has 12 heavy (non-hydrogen) atoms. The molecule has 0 spiro atoms. The van der Waals surface area contributed by atoms with Gasteiger partial charge in [-0.2, -0.15) is 5.48 Å². The molecule has 1 amide bonds. The highest BCUT2D eigenvalue weighted by atomic mass is 16.7. The van der Waals surface area contributed by atoms with Crippen LogP contribution in [0.5, 0.6) is 0 Å². The number of ether oxygens (including phenoxy) is 1. The molecule has 0 aliphatic rings. The van der Waals surface area contributed by atoms with E-state index >= 15 is 0 Å². The van der Waals surface area contributed by atoms with Gasteiger partial charge in [0.1, 0.15) is 0 Å². The fourth-order valence-electron chi connectivity index (χ4n) is 0.517. The first kappa shape index (κ1) is 10.8. The summed E-state index contributed by atoms with van der Waals surface area (Å²) in [5, 5.41) is 0. The van der Waals surface area contributed by atoms with Crippen molar-refractivity contribution in [3.8, 4) is 12.3 Å². The van der Waals surface area contributed by atoms with Gasteiger partial charge in [-0.1, -0.05) is 0 Å². The Labute approximate surface area is 72.2 Å². The zero-order chi connectivity index (χ0) is 9.23. The Hall–Kier alpha value is -1.21. The van der Waals surface area contributed by atoms with E-state index in [0.717, 1.165) is 6.42 Å². The molecule has 4 heteroatoms. The van der Waals surface area contributed by atoms with Gasteiger partial charge in [0.05, 0.1) is 13.2 Å². The summed E-state index contributed by atoms with van der Waals surface area (Å²) < 4.78 is 4.53. The van der Waals surface area contributed by atoms with E-state index < -0.39 is 6.09 Å². The lowest BCUT2D eigenvalue weighted by Crippen LogP contribution is -2.24. The van der Waals surface area contributed by atoms with E-state index in [-0.39, 0.29) is 0 Å². The molecule has 0 aromatic carbocycles. The Morgan fingerprint density at radius 2 is 2.42 bits per heavy atom. The normalized spacial score (nSPS) is 8.67. The topological polar surface area (TPSA) is 47.6 Å². The lowest BCUT2D eigenvalue weighted by Gasteiger charge is -2.03. The molecule has 0 heterocycles. The van der Waals surface area contributed by atoms with Gasteiger partial charge in [-0.05, 0) is 13.3 Å². The Morgan fingerprint density at radius 3 is 3.00 bits per heavy atom. The van der Waals surface area contributed by atoms with Crippen molar-refractivity contribution in [3.63, 3.8) is 0 Å². The van der Waals surface area contributed by atoms with Crippen molar-refractivity contribution in [2.45, 2.75) is 19.8 Å². The van der Waals surface area contributed by atoms with Crippen LogP contribution in [0, 0.1) is 12.3 Å². The van der Waals surface area contributed by atoms with Gasteiger partial charge in [0.25, 0.3) is 0 Å². The molecule has 0 fully saturated rings. The van der Waals surface area contributed by atoms with Gasteiger partial charge in [0.2, 0.25) is 0 Å². The van der Waals surface area contributed by atoms with Crippen molar-refractivity contribution in [1.29, 1.82) is 0 Å². The van der Waals surface area contributed by atoms with Crippen LogP contribution in [-0.4, -0.2) is 19.3 Å². The Balaban J connectivity index is 3.09. The zero-order valence-corrected chi connectivity index (χ0v) is 7.13. The highest BCUT2D eigenvalue weighted by Gasteiger charge is 1.97. The quantitative estimate of drug-likeness (QED) is 0.382. The maximum atomic E-state index is 10.6. The first-order chi connectivity index (χ1) is 5.81. The van der Waals surface area contributed by atoms with E-state index in [1.165, 1.54) is 0 Å². The lowest BCUT2D eigenvalue weighted by molar-refractivity contribution is 0.0289. The van der Waals surface area contributed by atoms with Crippen LogP contribution in [0.2, 0.25) is 0 Å². The van der Waals surface area contributed by atoms with Gasteiger partial charge in [-0.3, -0.25) is 4.84 Å². The summed E-state index contributed by atoms with van der Waals surface area (Å²) in [5.41, 5.74) is 2.11. The van der Waals surface area contributed by atoms with Crippen molar-refractivity contribution in [3.05, 3.63) is 0 Å². The molecule has 0 saturated carbocycles. The van der Waals surface area contributed by atoms with E-state index in [2.05, 4.69) is 16.1 Å². The molecule has 0 bridgehead atoms. The first-order valence-corrected chi connectivity index (χ1v) is 3.79. The van der Waals surface area contributed by atoms with E-state index in [4.69, 9.17) is 11.3 Å².